The minimum atomic E-state index is -0.595. The number of esters is 3. The van der Waals surface area contributed by atoms with Gasteiger partial charge in [0.05, 0.1) is 36.5 Å². The van der Waals surface area contributed by atoms with Gasteiger partial charge in [0.15, 0.2) is 0 Å². The summed E-state index contributed by atoms with van der Waals surface area (Å²) in [6, 6.07) is 4.55. The number of carbonyl (C=O) groups is 3. The SMILES string of the molecule is C=CCCCCCCCCCCCCCCCCOC(=O)c1ccc(C(=O)OCCCCCCCCCCCCCCCCC=C)c(C(=O)OCCCCCCCCCCCCCCCCC=C)c1. The minimum absolute atomic E-state index is 0.0740. The summed E-state index contributed by atoms with van der Waals surface area (Å²) in [4.78, 5) is 39.9. The second kappa shape index (κ2) is 51.2. The third-order valence-corrected chi connectivity index (χ3v) is 13.8. The van der Waals surface area contributed by atoms with E-state index in [-0.39, 0.29) is 23.3 Å². The molecule has 69 heavy (non-hydrogen) atoms. The molecule has 0 heterocycles. The lowest BCUT2D eigenvalue weighted by molar-refractivity contribution is 0.0447. The van der Waals surface area contributed by atoms with E-state index in [0.29, 0.717) is 13.2 Å². The number of unbranched alkanes of at least 4 members (excludes halogenated alkanes) is 42. The van der Waals surface area contributed by atoms with E-state index < -0.39 is 17.9 Å². The Morgan fingerprint density at radius 1 is 0.290 bits per heavy atom. The van der Waals surface area contributed by atoms with Crippen LogP contribution in [0.3, 0.4) is 0 Å². The van der Waals surface area contributed by atoms with Gasteiger partial charge < -0.3 is 14.2 Å². The monoisotopic (exact) mass is 961 g/mol. The van der Waals surface area contributed by atoms with E-state index in [2.05, 4.69) is 19.7 Å². The summed E-state index contributed by atoms with van der Waals surface area (Å²) in [5.74, 6) is -1.63. The van der Waals surface area contributed by atoms with E-state index in [1.165, 1.54) is 224 Å². The van der Waals surface area contributed by atoms with Crippen LogP contribution in [0.15, 0.2) is 56.2 Å². The van der Waals surface area contributed by atoms with Gasteiger partial charge >= 0.3 is 17.9 Å². The fraction of sp³-hybridized carbons (Fsp3) is 0.762. The number of hydrogen-bond acceptors (Lipinski definition) is 6. The largest absolute Gasteiger partial charge is 0.462 e. The zero-order valence-electron chi connectivity index (χ0n) is 45.0. The molecule has 0 saturated heterocycles. The highest BCUT2D eigenvalue weighted by atomic mass is 16.5. The van der Waals surface area contributed by atoms with Gasteiger partial charge in [0, 0.05) is 0 Å². The van der Waals surface area contributed by atoms with Crippen LogP contribution in [-0.2, 0) is 14.2 Å². The molecule has 0 bridgehead atoms. The number of rotatable bonds is 54. The number of ether oxygens (including phenoxy) is 3. The van der Waals surface area contributed by atoms with Crippen LogP contribution in [0, 0.1) is 0 Å². The molecule has 0 aliphatic carbocycles. The Morgan fingerprint density at radius 3 is 0.768 bits per heavy atom. The molecular formula is C63H108O6. The van der Waals surface area contributed by atoms with Crippen molar-refractivity contribution in [2.45, 2.75) is 289 Å². The first kappa shape index (κ1) is 63.9. The Balaban J connectivity index is 2.43. The van der Waals surface area contributed by atoms with Crippen LogP contribution in [0.2, 0.25) is 0 Å². The highest BCUT2D eigenvalue weighted by Crippen LogP contribution is 2.20. The summed E-state index contributed by atoms with van der Waals surface area (Å²) in [7, 11) is 0. The third kappa shape index (κ3) is 41.2. The summed E-state index contributed by atoms with van der Waals surface area (Å²) in [5.41, 5.74) is 0.466. The maximum atomic E-state index is 13.5. The predicted molar refractivity (Wildman–Crippen MR) is 296 cm³/mol. The van der Waals surface area contributed by atoms with Gasteiger partial charge in [-0.1, -0.05) is 249 Å². The van der Waals surface area contributed by atoms with Gasteiger partial charge in [-0.05, 0) is 76.0 Å². The van der Waals surface area contributed by atoms with Crippen molar-refractivity contribution in [2.75, 3.05) is 19.8 Å². The molecule has 1 aromatic rings. The van der Waals surface area contributed by atoms with Crippen LogP contribution >= 0.6 is 0 Å². The van der Waals surface area contributed by atoms with Crippen molar-refractivity contribution >= 4 is 17.9 Å². The van der Waals surface area contributed by atoms with Crippen LogP contribution in [0.25, 0.3) is 0 Å². The maximum absolute atomic E-state index is 13.5. The standard InChI is InChI=1S/C63H108O6/c1-4-7-10-13-16-19-22-25-28-31-34-37-40-43-46-49-54-67-61(64)58-52-53-59(62(65)68-55-50-47-44-41-38-35-32-29-26-23-20-17-14-11-8-5-2)60(57-58)63(66)69-56-51-48-45-42-39-36-33-30-27-24-21-18-15-12-9-6-3/h4-6,52-53,57H,1-3,7-51,54-56H2. The lowest BCUT2D eigenvalue weighted by Crippen LogP contribution is -2.17. The van der Waals surface area contributed by atoms with Crippen molar-refractivity contribution in [1.82, 2.24) is 0 Å². The lowest BCUT2D eigenvalue weighted by Gasteiger charge is -2.12. The van der Waals surface area contributed by atoms with Crippen molar-refractivity contribution in [2.24, 2.45) is 0 Å². The fourth-order valence-electron chi connectivity index (χ4n) is 9.29. The van der Waals surface area contributed by atoms with E-state index in [0.717, 1.165) is 77.0 Å². The molecule has 0 unspecified atom stereocenters. The molecule has 6 nitrogen and oxygen atoms in total. The molecule has 0 radical (unpaired) electrons. The van der Waals surface area contributed by atoms with Crippen LogP contribution < -0.4 is 0 Å². The van der Waals surface area contributed by atoms with Gasteiger partial charge in [-0.15, -0.1) is 19.7 Å². The highest BCUT2D eigenvalue weighted by molar-refractivity contribution is 6.05. The van der Waals surface area contributed by atoms with Gasteiger partial charge in [0.25, 0.3) is 0 Å². The first-order valence-corrected chi connectivity index (χ1v) is 29.5. The first-order chi connectivity index (χ1) is 34.0. The molecule has 0 aliphatic rings. The average Bonchev–Trinajstić information content (AvgIpc) is 3.36. The van der Waals surface area contributed by atoms with Crippen molar-refractivity contribution in [3.63, 3.8) is 0 Å². The highest BCUT2D eigenvalue weighted by Gasteiger charge is 2.22. The molecular weight excluding hydrogens is 853 g/mol. The molecule has 0 spiro atoms. The molecule has 1 aromatic carbocycles. The van der Waals surface area contributed by atoms with Crippen LogP contribution in [0.4, 0.5) is 0 Å². The zero-order valence-corrected chi connectivity index (χ0v) is 45.0. The zero-order chi connectivity index (χ0) is 49.8. The lowest BCUT2D eigenvalue weighted by atomic mass is 10.0. The molecule has 1 rings (SSSR count). The first-order valence-electron chi connectivity index (χ1n) is 29.5. The molecule has 6 heteroatoms. The predicted octanol–water partition coefficient (Wildman–Crippen LogP) is 20.3. The number of hydrogen-bond donors (Lipinski definition) is 0. The Labute approximate surface area is 426 Å². The number of carbonyl (C=O) groups excluding carboxylic acids is 3. The third-order valence-electron chi connectivity index (χ3n) is 13.8. The van der Waals surface area contributed by atoms with Gasteiger partial charge in [-0.25, -0.2) is 14.4 Å². The Hall–Kier alpha value is -3.15. The van der Waals surface area contributed by atoms with Crippen molar-refractivity contribution in [3.8, 4) is 0 Å². The Bertz CT molecular complexity index is 1370. The van der Waals surface area contributed by atoms with E-state index in [1.807, 2.05) is 18.2 Å². The van der Waals surface area contributed by atoms with Crippen LogP contribution in [0.1, 0.15) is 320 Å². The molecule has 0 amide bonds. The molecule has 0 atom stereocenters. The molecule has 396 valence electrons. The Morgan fingerprint density at radius 2 is 0.507 bits per heavy atom. The second-order valence-electron chi connectivity index (χ2n) is 20.2. The molecule has 0 aliphatic heterocycles. The van der Waals surface area contributed by atoms with Crippen LogP contribution in [0.5, 0.6) is 0 Å². The summed E-state index contributed by atoms with van der Waals surface area (Å²) in [5, 5.41) is 0. The van der Waals surface area contributed by atoms with Crippen LogP contribution in [-0.4, -0.2) is 37.7 Å². The smallest absolute Gasteiger partial charge is 0.339 e. The van der Waals surface area contributed by atoms with Crippen molar-refractivity contribution in [3.05, 3.63) is 72.9 Å². The van der Waals surface area contributed by atoms with E-state index in [4.69, 9.17) is 14.2 Å². The van der Waals surface area contributed by atoms with Gasteiger partial charge in [0.1, 0.15) is 0 Å². The molecule has 0 fully saturated rings. The normalized spacial score (nSPS) is 11.1. The molecule has 0 saturated carbocycles. The van der Waals surface area contributed by atoms with Gasteiger partial charge in [-0.3, -0.25) is 0 Å². The summed E-state index contributed by atoms with van der Waals surface area (Å²) < 4.78 is 17.0. The fourth-order valence-corrected chi connectivity index (χ4v) is 9.29. The van der Waals surface area contributed by atoms with E-state index in [9.17, 15) is 14.4 Å². The minimum Gasteiger partial charge on any atom is -0.462 e. The number of benzene rings is 1. The molecule has 0 N–H and O–H groups in total. The van der Waals surface area contributed by atoms with Crippen molar-refractivity contribution in [1.29, 1.82) is 0 Å². The quantitative estimate of drug-likeness (QED) is 0.0280. The summed E-state index contributed by atoms with van der Waals surface area (Å²) in [6.45, 7) is 12.3. The van der Waals surface area contributed by atoms with Gasteiger partial charge in [-0.2, -0.15) is 0 Å². The topological polar surface area (TPSA) is 78.9 Å². The number of allylic oxidation sites excluding steroid dienone is 3. The van der Waals surface area contributed by atoms with E-state index in [1.54, 1.807) is 6.07 Å². The maximum Gasteiger partial charge on any atom is 0.339 e. The van der Waals surface area contributed by atoms with Crippen molar-refractivity contribution < 1.29 is 28.6 Å². The van der Waals surface area contributed by atoms with E-state index >= 15 is 0 Å². The molecule has 0 aromatic heterocycles. The summed E-state index contributed by atoms with van der Waals surface area (Å²) in [6.07, 6.45) is 61.8. The Kier molecular flexibility index (Phi) is 47.4. The average molecular weight is 962 g/mol. The second-order valence-corrected chi connectivity index (χ2v) is 20.2. The summed E-state index contributed by atoms with van der Waals surface area (Å²) >= 11 is 0. The van der Waals surface area contributed by atoms with Gasteiger partial charge in [0.2, 0.25) is 0 Å².